The summed E-state index contributed by atoms with van der Waals surface area (Å²) in [5.41, 5.74) is 2.66. The van der Waals surface area contributed by atoms with Crippen LogP contribution in [-0.2, 0) is 0 Å². The van der Waals surface area contributed by atoms with Gasteiger partial charge in [-0.25, -0.2) is 4.98 Å². The highest BCUT2D eigenvalue weighted by Crippen LogP contribution is 1.98. The zero-order valence-corrected chi connectivity index (χ0v) is 6.97. The van der Waals surface area contributed by atoms with E-state index in [4.69, 9.17) is 0 Å². The summed E-state index contributed by atoms with van der Waals surface area (Å²) < 4.78 is 0. The lowest BCUT2D eigenvalue weighted by Crippen LogP contribution is -1.93. The second kappa shape index (κ2) is 3.16. The van der Waals surface area contributed by atoms with Gasteiger partial charge in [-0.1, -0.05) is 5.92 Å². The summed E-state index contributed by atoms with van der Waals surface area (Å²) in [6.07, 6.45) is 1.69. The molecule has 0 radical (unpaired) electrons. The van der Waals surface area contributed by atoms with Crippen molar-refractivity contribution in [2.75, 3.05) is 0 Å². The number of nitrogens with zero attached hydrogens (tertiary/aromatic N) is 2. The zero-order chi connectivity index (χ0) is 8.27. The van der Waals surface area contributed by atoms with Crippen LogP contribution in [0.2, 0.25) is 0 Å². The summed E-state index contributed by atoms with van der Waals surface area (Å²) in [6.45, 7) is 5.66. The molecule has 56 valence electrons. The van der Waals surface area contributed by atoms with Gasteiger partial charge < -0.3 is 0 Å². The van der Waals surface area contributed by atoms with Gasteiger partial charge in [0.15, 0.2) is 0 Å². The van der Waals surface area contributed by atoms with Gasteiger partial charge in [-0.3, -0.25) is 4.98 Å². The van der Waals surface area contributed by atoms with Crippen LogP contribution in [0.4, 0.5) is 0 Å². The van der Waals surface area contributed by atoms with Crippen LogP contribution in [0.3, 0.4) is 0 Å². The highest BCUT2D eigenvalue weighted by atomic mass is 14.8. The standard InChI is InChI=1S/C9H10N2/c1-4-5-9-6-10-7(2)8(3)11-9/h6H,1-3H3. The van der Waals surface area contributed by atoms with Crippen LogP contribution in [-0.4, -0.2) is 9.97 Å². The Morgan fingerprint density at radius 1 is 1.27 bits per heavy atom. The van der Waals surface area contributed by atoms with E-state index in [-0.39, 0.29) is 0 Å². The van der Waals surface area contributed by atoms with Crippen LogP contribution in [0, 0.1) is 25.7 Å². The molecule has 0 saturated carbocycles. The summed E-state index contributed by atoms with van der Waals surface area (Å²) >= 11 is 0. The average molecular weight is 146 g/mol. The summed E-state index contributed by atoms with van der Waals surface area (Å²) in [7, 11) is 0. The molecule has 0 unspecified atom stereocenters. The van der Waals surface area contributed by atoms with E-state index >= 15 is 0 Å². The molecule has 11 heavy (non-hydrogen) atoms. The maximum atomic E-state index is 4.23. The minimum atomic E-state index is 0.746. The number of aromatic nitrogens is 2. The Labute approximate surface area is 66.7 Å². The summed E-state index contributed by atoms with van der Waals surface area (Å²) in [4.78, 5) is 8.36. The van der Waals surface area contributed by atoms with Crippen LogP contribution < -0.4 is 0 Å². The van der Waals surface area contributed by atoms with Crippen molar-refractivity contribution in [1.82, 2.24) is 9.97 Å². The van der Waals surface area contributed by atoms with Gasteiger partial charge in [0.25, 0.3) is 0 Å². The Kier molecular flexibility index (Phi) is 2.22. The van der Waals surface area contributed by atoms with Crippen molar-refractivity contribution in [3.63, 3.8) is 0 Å². The summed E-state index contributed by atoms with van der Waals surface area (Å²) in [5, 5.41) is 0. The first-order chi connectivity index (χ1) is 5.24. The van der Waals surface area contributed by atoms with E-state index in [9.17, 15) is 0 Å². The van der Waals surface area contributed by atoms with Crippen LogP contribution in [0.25, 0.3) is 0 Å². The highest BCUT2D eigenvalue weighted by molar-refractivity contribution is 5.26. The molecule has 0 aliphatic heterocycles. The quantitative estimate of drug-likeness (QED) is 0.518. The molecular weight excluding hydrogens is 136 g/mol. The molecule has 1 heterocycles. The van der Waals surface area contributed by atoms with Crippen molar-refractivity contribution in [3.8, 4) is 11.8 Å². The molecule has 1 rings (SSSR count). The van der Waals surface area contributed by atoms with E-state index in [2.05, 4.69) is 21.8 Å². The lowest BCUT2D eigenvalue weighted by molar-refractivity contribution is 1.03. The van der Waals surface area contributed by atoms with Gasteiger partial charge >= 0.3 is 0 Å². The molecule has 1 aromatic rings. The molecule has 2 nitrogen and oxygen atoms in total. The maximum absolute atomic E-state index is 4.23. The number of aryl methyl sites for hydroxylation is 2. The Balaban J connectivity index is 3.12. The molecule has 1 aromatic heterocycles. The second-order valence-corrected chi connectivity index (χ2v) is 2.30. The van der Waals surface area contributed by atoms with Gasteiger partial charge in [0.2, 0.25) is 0 Å². The molecule has 0 amide bonds. The number of hydrogen-bond donors (Lipinski definition) is 0. The number of hydrogen-bond acceptors (Lipinski definition) is 2. The third kappa shape index (κ3) is 1.78. The molecule has 0 N–H and O–H groups in total. The van der Waals surface area contributed by atoms with Crippen molar-refractivity contribution in [3.05, 3.63) is 23.3 Å². The summed E-state index contributed by atoms with van der Waals surface area (Å²) in [5.74, 6) is 5.63. The third-order valence-electron chi connectivity index (χ3n) is 1.45. The van der Waals surface area contributed by atoms with Gasteiger partial charge in [0.1, 0.15) is 5.69 Å². The van der Waals surface area contributed by atoms with Gasteiger partial charge in [-0.15, -0.1) is 0 Å². The smallest absolute Gasteiger partial charge is 0.131 e. The van der Waals surface area contributed by atoms with Crippen molar-refractivity contribution in [2.24, 2.45) is 0 Å². The molecule has 2 heteroatoms. The lowest BCUT2D eigenvalue weighted by Gasteiger charge is -1.96. The Morgan fingerprint density at radius 3 is 2.55 bits per heavy atom. The minimum Gasteiger partial charge on any atom is -0.257 e. The molecule has 0 aliphatic rings. The normalized spacial score (nSPS) is 8.64. The van der Waals surface area contributed by atoms with Gasteiger partial charge in [-0.2, -0.15) is 0 Å². The predicted octanol–water partition coefficient (Wildman–Crippen LogP) is 1.46. The minimum absolute atomic E-state index is 0.746. The van der Waals surface area contributed by atoms with E-state index in [1.165, 1.54) is 0 Å². The van der Waals surface area contributed by atoms with Crippen LogP contribution >= 0.6 is 0 Å². The fraction of sp³-hybridized carbons (Fsp3) is 0.333. The molecule has 0 fully saturated rings. The molecule has 0 saturated heterocycles. The predicted molar refractivity (Wildman–Crippen MR) is 44.1 cm³/mol. The first kappa shape index (κ1) is 7.74. The molecular formula is C9H10N2. The van der Waals surface area contributed by atoms with Gasteiger partial charge in [0, 0.05) is 0 Å². The van der Waals surface area contributed by atoms with Gasteiger partial charge in [-0.05, 0) is 26.7 Å². The highest BCUT2D eigenvalue weighted by Gasteiger charge is 1.94. The second-order valence-electron chi connectivity index (χ2n) is 2.30. The zero-order valence-electron chi connectivity index (χ0n) is 6.97. The number of rotatable bonds is 0. The Bertz CT molecular complexity index is 318. The van der Waals surface area contributed by atoms with E-state index in [1.54, 1.807) is 13.1 Å². The Morgan fingerprint density at radius 2 is 2.00 bits per heavy atom. The van der Waals surface area contributed by atoms with E-state index < -0.39 is 0 Å². The van der Waals surface area contributed by atoms with Crippen LogP contribution in [0.1, 0.15) is 24.0 Å². The van der Waals surface area contributed by atoms with E-state index in [1.807, 2.05) is 13.8 Å². The Hall–Kier alpha value is -1.36. The molecule has 0 aliphatic carbocycles. The van der Waals surface area contributed by atoms with E-state index in [0.717, 1.165) is 17.1 Å². The topological polar surface area (TPSA) is 25.8 Å². The monoisotopic (exact) mass is 146 g/mol. The first-order valence-corrected chi connectivity index (χ1v) is 3.47. The van der Waals surface area contributed by atoms with Crippen molar-refractivity contribution in [2.45, 2.75) is 20.8 Å². The van der Waals surface area contributed by atoms with E-state index in [0.29, 0.717) is 0 Å². The first-order valence-electron chi connectivity index (χ1n) is 3.47. The fourth-order valence-corrected chi connectivity index (χ4v) is 0.730. The average Bonchev–Trinajstić information content (AvgIpc) is 1.98. The molecule has 0 atom stereocenters. The summed E-state index contributed by atoms with van der Waals surface area (Å²) in [6, 6.07) is 0. The SMILES string of the molecule is CC#Cc1cnc(C)c(C)n1. The van der Waals surface area contributed by atoms with Crippen molar-refractivity contribution < 1.29 is 0 Å². The van der Waals surface area contributed by atoms with Crippen LogP contribution in [0.5, 0.6) is 0 Å². The maximum Gasteiger partial charge on any atom is 0.131 e. The van der Waals surface area contributed by atoms with Crippen LogP contribution in [0.15, 0.2) is 6.20 Å². The van der Waals surface area contributed by atoms with Crippen molar-refractivity contribution in [1.29, 1.82) is 0 Å². The molecule has 0 spiro atoms. The molecule has 0 aromatic carbocycles. The lowest BCUT2D eigenvalue weighted by atomic mass is 10.3. The van der Waals surface area contributed by atoms with Gasteiger partial charge in [0.05, 0.1) is 17.6 Å². The third-order valence-corrected chi connectivity index (χ3v) is 1.45. The fourth-order valence-electron chi connectivity index (χ4n) is 0.730. The molecule has 0 bridgehead atoms. The largest absolute Gasteiger partial charge is 0.257 e. The van der Waals surface area contributed by atoms with Crippen molar-refractivity contribution >= 4 is 0 Å².